The Morgan fingerprint density at radius 3 is 2.27 bits per heavy atom. The summed E-state index contributed by atoms with van der Waals surface area (Å²) in [6.07, 6.45) is -0.375. The van der Waals surface area contributed by atoms with Crippen molar-refractivity contribution < 1.29 is 19.4 Å². The molecular formula is C5H6Br2O4. The average Bonchev–Trinajstić information content (AvgIpc) is 1.83. The Morgan fingerprint density at radius 1 is 1.55 bits per heavy atom. The SMILES string of the molecule is COC(=O)C(Br)(Br)CC(=O)O. The van der Waals surface area contributed by atoms with E-state index in [4.69, 9.17) is 5.11 Å². The van der Waals surface area contributed by atoms with Crippen LogP contribution in [0.1, 0.15) is 6.42 Å². The molecular weight excluding hydrogens is 284 g/mol. The smallest absolute Gasteiger partial charge is 0.334 e. The maximum absolute atomic E-state index is 10.8. The Hall–Kier alpha value is -0.100. The molecule has 0 rings (SSSR count). The molecule has 4 nitrogen and oxygen atoms in total. The summed E-state index contributed by atoms with van der Waals surface area (Å²) in [5.74, 6) is -1.76. The highest BCUT2D eigenvalue weighted by atomic mass is 79.9. The number of halogens is 2. The van der Waals surface area contributed by atoms with Gasteiger partial charge in [0, 0.05) is 0 Å². The van der Waals surface area contributed by atoms with Gasteiger partial charge in [-0.2, -0.15) is 0 Å². The summed E-state index contributed by atoms with van der Waals surface area (Å²) in [6, 6.07) is 0. The first-order valence-electron chi connectivity index (χ1n) is 2.58. The summed E-state index contributed by atoms with van der Waals surface area (Å²) < 4.78 is 3.01. The minimum Gasteiger partial charge on any atom is -0.481 e. The van der Waals surface area contributed by atoms with Gasteiger partial charge >= 0.3 is 11.9 Å². The fourth-order valence-electron chi connectivity index (χ4n) is 0.411. The molecule has 0 saturated carbocycles. The van der Waals surface area contributed by atoms with Gasteiger partial charge in [0.1, 0.15) is 0 Å². The number of rotatable bonds is 3. The number of ether oxygens (including phenoxy) is 1. The Balaban J connectivity index is 4.21. The number of carbonyl (C=O) groups excluding carboxylic acids is 1. The van der Waals surface area contributed by atoms with Crippen molar-refractivity contribution in [3.8, 4) is 0 Å². The van der Waals surface area contributed by atoms with E-state index < -0.39 is 15.2 Å². The third kappa shape index (κ3) is 3.71. The molecule has 6 heteroatoms. The highest BCUT2D eigenvalue weighted by Gasteiger charge is 2.36. The summed E-state index contributed by atoms with van der Waals surface area (Å²) in [6.45, 7) is 0. The Bertz CT molecular complexity index is 177. The van der Waals surface area contributed by atoms with E-state index in [-0.39, 0.29) is 6.42 Å². The van der Waals surface area contributed by atoms with Crippen molar-refractivity contribution >= 4 is 43.8 Å². The molecule has 0 saturated heterocycles. The fraction of sp³-hybridized carbons (Fsp3) is 0.600. The number of carbonyl (C=O) groups is 2. The molecule has 0 spiro atoms. The van der Waals surface area contributed by atoms with Gasteiger partial charge in [-0.05, 0) is 0 Å². The van der Waals surface area contributed by atoms with Crippen LogP contribution in [0.25, 0.3) is 0 Å². The van der Waals surface area contributed by atoms with Crippen LogP contribution < -0.4 is 0 Å². The molecule has 0 bridgehead atoms. The topological polar surface area (TPSA) is 63.6 Å². The van der Waals surface area contributed by atoms with Crippen LogP contribution in [-0.2, 0) is 14.3 Å². The van der Waals surface area contributed by atoms with Gasteiger partial charge in [0.25, 0.3) is 0 Å². The molecule has 0 aromatic heterocycles. The van der Waals surface area contributed by atoms with Crippen molar-refractivity contribution in [2.24, 2.45) is 0 Å². The normalized spacial score (nSPS) is 10.8. The number of hydrogen-bond acceptors (Lipinski definition) is 3. The van der Waals surface area contributed by atoms with Gasteiger partial charge in [0.2, 0.25) is 0 Å². The lowest BCUT2D eigenvalue weighted by atomic mass is 10.3. The molecule has 0 aliphatic carbocycles. The molecule has 64 valence electrons. The van der Waals surface area contributed by atoms with Gasteiger partial charge in [-0.3, -0.25) is 4.79 Å². The molecule has 11 heavy (non-hydrogen) atoms. The lowest BCUT2D eigenvalue weighted by Crippen LogP contribution is -2.28. The average molecular weight is 290 g/mol. The lowest BCUT2D eigenvalue weighted by molar-refractivity contribution is -0.145. The van der Waals surface area contributed by atoms with E-state index in [0.717, 1.165) is 0 Å². The zero-order valence-corrected chi connectivity index (χ0v) is 8.81. The van der Waals surface area contributed by atoms with E-state index >= 15 is 0 Å². The predicted octanol–water partition coefficient (Wildman–Crippen LogP) is 1.12. The number of methoxy groups -OCH3 is 1. The largest absolute Gasteiger partial charge is 0.481 e. The first-order valence-corrected chi connectivity index (χ1v) is 4.17. The first kappa shape index (κ1) is 10.9. The standard InChI is InChI=1S/C5H6Br2O4/c1-11-4(10)5(6,7)2-3(8)9/h2H2,1H3,(H,8,9). The summed E-state index contributed by atoms with van der Waals surface area (Å²) in [5.41, 5.74) is 0. The van der Waals surface area contributed by atoms with E-state index in [1.165, 1.54) is 7.11 Å². The van der Waals surface area contributed by atoms with E-state index in [1.807, 2.05) is 0 Å². The van der Waals surface area contributed by atoms with Gasteiger partial charge in [0.15, 0.2) is 3.23 Å². The third-order valence-electron chi connectivity index (χ3n) is 0.857. The van der Waals surface area contributed by atoms with Crippen molar-refractivity contribution in [3.63, 3.8) is 0 Å². The quantitative estimate of drug-likeness (QED) is 0.625. The van der Waals surface area contributed by atoms with Crippen molar-refractivity contribution in [1.82, 2.24) is 0 Å². The Kier molecular flexibility index (Phi) is 4.02. The Labute approximate surface area is 80.2 Å². The number of carboxylic acids is 1. The molecule has 0 atom stereocenters. The zero-order valence-electron chi connectivity index (χ0n) is 5.63. The van der Waals surface area contributed by atoms with Crippen LogP contribution >= 0.6 is 31.9 Å². The highest BCUT2D eigenvalue weighted by Crippen LogP contribution is 2.31. The lowest BCUT2D eigenvalue weighted by Gasteiger charge is -2.13. The molecule has 0 aliphatic heterocycles. The second kappa shape index (κ2) is 4.06. The number of alkyl halides is 2. The molecule has 1 N–H and O–H groups in total. The molecule has 0 aromatic carbocycles. The minimum absolute atomic E-state index is 0.375. The van der Waals surface area contributed by atoms with E-state index in [2.05, 4.69) is 36.6 Å². The van der Waals surface area contributed by atoms with Crippen molar-refractivity contribution in [2.75, 3.05) is 7.11 Å². The van der Waals surface area contributed by atoms with Crippen LogP contribution in [0.3, 0.4) is 0 Å². The molecule has 0 unspecified atom stereocenters. The number of carboxylic acid groups (broad SMARTS) is 1. The van der Waals surface area contributed by atoms with Crippen LogP contribution in [0.4, 0.5) is 0 Å². The molecule has 0 heterocycles. The second-order valence-electron chi connectivity index (χ2n) is 1.77. The van der Waals surface area contributed by atoms with Crippen molar-refractivity contribution in [2.45, 2.75) is 9.65 Å². The Morgan fingerprint density at radius 2 is 2.00 bits per heavy atom. The minimum atomic E-state index is -1.30. The van der Waals surface area contributed by atoms with Crippen molar-refractivity contribution in [1.29, 1.82) is 0 Å². The zero-order chi connectivity index (χ0) is 9.07. The maximum Gasteiger partial charge on any atom is 0.334 e. The molecule has 0 radical (unpaired) electrons. The number of aliphatic carboxylic acids is 1. The van der Waals surface area contributed by atoms with Gasteiger partial charge in [-0.25, -0.2) is 4.79 Å². The molecule has 0 amide bonds. The predicted molar refractivity (Wildman–Crippen MR) is 44.9 cm³/mol. The second-order valence-corrected chi connectivity index (χ2v) is 5.54. The number of hydrogen-bond donors (Lipinski definition) is 1. The third-order valence-corrected chi connectivity index (χ3v) is 2.07. The van der Waals surface area contributed by atoms with Gasteiger partial charge in [-0.1, -0.05) is 31.9 Å². The highest BCUT2D eigenvalue weighted by molar-refractivity contribution is 9.25. The van der Waals surface area contributed by atoms with Crippen LogP contribution in [0, 0.1) is 0 Å². The van der Waals surface area contributed by atoms with Gasteiger partial charge in [0.05, 0.1) is 13.5 Å². The van der Waals surface area contributed by atoms with E-state index in [0.29, 0.717) is 0 Å². The van der Waals surface area contributed by atoms with Crippen LogP contribution in [0.2, 0.25) is 0 Å². The summed E-state index contributed by atoms with van der Waals surface area (Å²) in [7, 11) is 1.18. The van der Waals surface area contributed by atoms with Crippen molar-refractivity contribution in [3.05, 3.63) is 0 Å². The molecule has 0 fully saturated rings. The van der Waals surface area contributed by atoms with Gasteiger partial charge < -0.3 is 9.84 Å². The molecule has 0 aromatic rings. The summed E-state index contributed by atoms with van der Waals surface area (Å²) in [5, 5.41) is 8.33. The van der Waals surface area contributed by atoms with Crippen LogP contribution in [0.5, 0.6) is 0 Å². The molecule has 0 aliphatic rings. The van der Waals surface area contributed by atoms with Gasteiger partial charge in [-0.15, -0.1) is 0 Å². The first-order chi connectivity index (χ1) is 4.90. The monoisotopic (exact) mass is 288 g/mol. The maximum atomic E-state index is 10.8. The van der Waals surface area contributed by atoms with E-state index in [1.54, 1.807) is 0 Å². The van der Waals surface area contributed by atoms with E-state index in [9.17, 15) is 9.59 Å². The number of esters is 1. The van der Waals surface area contributed by atoms with Crippen LogP contribution in [-0.4, -0.2) is 27.4 Å². The fourth-order valence-corrected chi connectivity index (χ4v) is 1.21. The summed E-state index contributed by atoms with van der Waals surface area (Å²) in [4.78, 5) is 21.0. The summed E-state index contributed by atoms with van der Waals surface area (Å²) >= 11 is 5.74. The van der Waals surface area contributed by atoms with Crippen LogP contribution in [0.15, 0.2) is 0 Å².